The predicted octanol–water partition coefficient (Wildman–Crippen LogP) is 16.5. The number of aliphatic hydroxyl groups excluding tert-OH is 2. The number of aliphatic imine (C=N–C) groups is 2. The van der Waals surface area contributed by atoms with Gasteiger partial charge in [0.05, 0.1) is 35.7 Å². The summed E-state index contributed by atoms with van der Waals surface area (Å²) in [6.07, 6.45) is 24.0. The maximum Gasteiger partial charge on any atom is 0.340 e. The molecule has 0 aliphatic rings. The molecule has 0 spiro atoms. The monoisotopic (exact) mass is 957 g/mol. The fourth-order valence-electron chi connectivity index (χ4n) is 8.11. The first kappa shape index (κ1) is 54.1. The Hall–Kier alpha value is -6.82. The number of carboxylic acids is 2. The molecular formula is C58H72N2O10. The first-order valence-corrected chi connectivity index (χ1v) is 25.4. The van der Waals surface area contributed by atoms with Crippen LogP contribution < -0.4 is 18.9 Å². The standard InChI is InChI=1S/C58H72N2O10/c1-3-5-7-9-11-13-15-17-19-27-41-67-45-33-37-47(38-34-45)69-53-49(55(61)59-43-29-23-21-24-30-43)51(57(63)64)54(52(58(65)66)50(53)56(62)60-44-31-25-22-26-32-44)70-48-39-35-46(36-40-48)68-42-28-20-18-16-14-12-10-8-6-4-2/h21-26,29-40H,3-20,27-28,41-42H2,1-2H3,(H,59,61)(H,60,62)(H,63,64)(H,65,66). The van der Waals surface area contributed by atoms with Crippen LogP contribution in [0.2, 0.25) is 0 Å². The molecule has 70 heavy (non-hydrogen) atoms. The van der Waals surface area contributed by atoms with Crippen molar-refractivity contribution in [3.05, 3.63) is 131 Å². The molecule has 0 unspecified atom stereocenters. The summed E-state index contributed by atoms with van der Waals surface area (Å²) in [5.74, 6) is -5.08. The van der Waals surface area contributed by atoms with E-state index in [0.29, 0.717) is 24.7 Å². The minimum Gasteiger partial charge on any atom is -0.494 e. The van der Waals surface area contributed by atoms with E-state index in [1.807, 2.05) is 0 Å². The van der Waals surface area contributed by atoms with Gasteiger partial charge in [-0.1, -0.05) is 166 Å². The summed E-state index contributed by atoms with van der Waals surface area (Å²) in [5, 5.41) is 45.9. The molecule has 0 aliphatic heterocycles. The molecule has 0 amide bonds. The summed E-state index contributed by atoms with van der Waals surface area (Å²) in [6.45, 7) is 5.47. The first-order chi connectivity index (χ1) is 34.2. The van der Waals surface area contributed by atoms with Gasteiger partial charge in [-0.25, -0.2) is 19.6 Å². The Morgan fingerprint density at radius 2 is 0.657 bits per heavy atom. The number of carboxylic acid groups (broad SMARTS) is 2. The van der Waals surface area contributed by atoms with Gasteiger partial charge >= 0.3 is 11.9 Å². The largest absolute Gasteiger partial charge is 0.494 e. The van der Waals surface area contributed by atoms with Crippen LogP contribution in [0.1, 0.15) is 174 Å². The van der Waals surface area contributed by atoms with E-state index < -0.39 is 57.5 Å². The zero-order valence-corrected chi connectivity index (χ0v) is 41.1. The highest BCUT2D eigenvalue weighted by Crippen LogP contribution is 2.44. The van der Waals surface area contributed by atoms with Gasteiger partial charge in [0.15, 0.2) is 11.5 Å². The number of nitrogens with zero attached hydrogens (tertiary/aromatic N) is 2. The van der Waals surface area contributed by atoms with Gasteiger partial charge in [0.25, 0.3) is 0 Å². The van der Waals surface area contributed by atoms with Crippen molar-refractivity contribution in [2.45, 2.75) is 142 Å². The molecule has 0 aromatic heterocycles. The smallest absolute Gasteiger partial charge is 0.340 e. The van der Waals surface area contributed by atoms with Gasteiger partial charge in [-0.05, 0) is 85.6 Å². The van der Waals surface area contributed by atoms with Gasteiger partial charge in [0.2, 0.25) is 11.8 Å². The molecule has 5 rings (SSSR count). The Labute approximate surface area is 414 Å². The van der Waals surface area contributed by atoms with Gasteiger partial charge < -0.3 is 39.4 Å². The number of para-hydroxylation sites is 2. The zero-order chi connectivity index (χ0) is 49.8. The molecule has 0 saturated heterocycles. The zero-order valence-electron chi connectivity index (χ0n) is 41.1. The molecule has 0 aliphatic carbocycles. The summed E-state index contributed by atoms with van der Waals surface area (Å²) in [4.78, 5) is 35.7. The minimum absolute atomic E-state index is 0.0502. The number of unbranched alkanes of at least 4 members (excludes halogenated alkanes) is 18. The number of hydrogen-bond acceptors (Lipinski definition) is 8. The Balaban J connectivity index is 1.46. The van der Waals surface area contributed by atoms with Crippen LogP contribution >= 0.6 is 0 Å². The van der Waals surface area contributed by atoms with Crippen molar-refractivity contribution in [1.29, 1.82) is 0 Å². The van der Waals surface area contributed by atoms with E-state index in [1.54, 1.807) is 97.1 Å². The van der Waals surface area contributed by atoms with Crippen molar-refractivity contribution >= 4 is 35.1 Å². The Morgan fingerprint density at radius 1 is 0.371 bits per heavy atom. The molecule has 12 nitrogen and oxygen atoms in total. The van der Waals surface area contributed by atoms with Gasteiger partial charge in [0.1, 0.15) is 34.1 Å². The normalized spacial score (nSPS) is 11.6. The lowest BCUT2D eigenvalue weighted by Crippen LogP contribution is -2.21. The van der Waals surface area contributed by atoms with Crippen molar-refractivity contribution in [2.24, 2.45) is 9.98 Å². The average Bonchev–Trinajstić information content (AvgIpc) is 3.36. The third kappa shape index (κ3) is 17.9. The molecule has 5 aromatic carbocycles. The molecule has 0 radical (unpaired) electrons. The molecule has 12 heteroatoms. The number of aliphatic hydroxyl groups is 2. The van der Waals surface area contributed by atoms with Gasteiger partial charge in [-0.15, -0.1) is 0 Å². The number of aromatic carboxylic acids is 2. The molecular weight excluding hydrogens is 885 g/mol. The highest BCUT2D eigenvalue weighted by atomic mass is 16.5. The molecule has 5 aromatic rings. The number of rotatable bonds is 34. The lowest BCUT2D eigenvalue weighted by molar-refractivity contribution is 0.0690. The second-order valence-electron chi connectivity index (χ2n) is 17.5. The second kappa shape index (κ2) is 30.6. The van der Waals surface area contributed by atoms with E-state index in [1.165, 1.54) is 102 Å². The van der Waals surface area contributed by atoms with Crippen molar-refractivity contribution < 1.29 is 49.0 Å². The summed E-state index contributed by atoms with van der Waals surface area (Å²) < 4.78 is 24.6. The van der Waals surface area contributed by atoms with Crippen LogP contribution in [-0.2, 0) is 0 Å². The van der Waals surface area contributed by atoms with Crippen molar-refractivity contribution in [3.63, 3.8) is 0 Å². The Kier molecular flexibility index (Phi) is 23.7. The summed E-state index contributed by atoms with van der Waals surface area (Å²) in [5.41, 5.74) is -2.24. The molecule has 0 atom stereocenters. The van der Waals surface area contributed by atoms with Gasteiger partial charge in [-0.2, -0.15) is 0 Å². The SMILES string of the molecule is CCCCCCCCCCCCOc1ccc(Oc2c(C(=O)O)c(C(O)=Nc3ccccc3)c(Oc3ccc(OCCCCCCCCCCCC)cc3)c(C(O)=Nc3ccccc3)c2C(=O)O)cc1. The van der Waals surface area contributed by atoms with Gasteiger partial charge in [-0.3, -0.25) is 0 Å². The number of carbonyl (C=O) groups is 2. The van der Waals surface area contributed by atoms with Crippen LogP contribution in [0.5, 0.6) is 34.5 Å². The fraction of sp³-hybridized carbons (Fsp3) is 0.414. The number of benzene rings is 5. The van der Waals surface area contributed by atoms with Crippen LogP contribution in [0.4, 0.5) is 11.4 Å². The lowest BCUT2D eigenvalue weighted by Gasteiger charge is -2.22. The van der Waals surface area contributed by atoms with Crippen molar-refractivity contribution in [2.75, 3.05) is 13.2 Å². The Bertz CT molecular complexity index is 2290. The van der Waals surface area contributed by atoms with Crippen LogP contribution in [-0.4, -0.2) is 57.4 Å². The predicted molar refractivity (Wildman–Crippen MR) is 279 cm³/mol. The molecule has 0 fully saturated rings. The van der Waals surface area contributed by atoms with E-state index in [-0.39, 0.29) is 22.9 Å². The van der Waals surface area contributed by atoms with Crippen LogP contribution in [0.25, 0.3) is 0 Å². The number of ether oxygens (including phenoxy) is 4. The van der Waals surface area contributed by atoms with E-state index in [4.69, 9.17) is 18.9 Å². The molecule has 0 bridgehead atoms. The molecule has 4 N–H and O–H groups in total. The third-order valence-corrected chi connectivity index (χ3v) is 11.9. The quantitative estimate of drug-likeness (QED) is 0.0176. The topological polar surface area (TPSA) is 177 Å². The average molecular weight is 957 g/mol. The molecule has 0 saturated carbocycles. The maximum absolute atomic E-state index is 13.5. The van der Waals surface area contributed by atoms with E-state index in [9.17, 15) is 30.0 Å². The lowest BCUT2D eigenvalue weighted by atomic mass is 9.93. The van der Waals surface area contributed by atoms with E-state index >= 15 is 0 Å². The second-order valence-corrected chi connectivity index (χ2v) is 17.5. The van der Waals surface area contributed by atoms with Crippen LogP contribution in [0.15, 0.2) is 119 Å². The Morgan fingerprint density at radius 3 is 0.971 bits per heavy atom. The summed E-state index contributed by atoms with van der Waals surface area (Å²) >= 11 is 0. The third-order valence-electron chi connectivity index (χ3n) is 11.9. The molecule has 0 heterocycles. The van der Waals surface area contributed by atoms with E-state index in [0.717, 1.165) is 38.5 Å². The summed E-state index contributed by atoms with van der Waals surface area (Å²) in [6, 6.07) is 29.3. The minimum atomic E-state index is -1.68. The highest BCUT2D eigenvalue weighted by Gasteiger charge is 2.38. The van der Waals surface area contributed by atoms with E-state index in [2.05, 4.69) is 23.8 Å². The fourth-order valence-corrected chi connectivity index (χ4v) is 8.11. The summed E-state index contributed by atoms with van der Waals surface area (Å²) in [7, 11) is 0. The highest BCUT2D eigenvalue weighted by molar-refractivity contribution is 6.17. The van der Waals surface area contributed by atoms with Crippen LogP contribution in [0, 0.1) is 0 Å². The maximum atomic E-state index is 13.5. The van der Waals surface area contributed by atoms with Crippen molar-refractivity contribution in [3.8, 4) is 34.5 Å². The van der Waals surface area contributed by atoms with Crippen molar-refractivity contribution in [1.82, 2.24) is 0 Å². The van der Waals surface area contributed by atoms with Crippen LogP contribution in [0.3, 0.4) is 0 Å². The number of hydrogen-bond donors (Lipinski definition) is 4. The first-order valence-electron chi connectivity index (χ1n) is 25.4. The van der Waals surface area contributed by atoms with Gasteiger partial charge in [0, 0.05) is 0 Å². The molecule has 374 valence electrons.